The first kappa shape index (κ1) is 24.6. The Morgan fingerprint density at radius 3 is 2.28 bits per heavy atom. The number of fused-ring (bicyclic) bond motifs is 1. The fourth-order valence-corrected chi connectivity index (χ4v) is 5.47. The molecule has 1 N–H and O–H groups in total. The van der Waals surface area contributed by atoms with Crippen LogP contribution in [0.2, 0.25) is 0 Å². The van der Waals surface area contributed by atoms with Crippen LogP contribution in [0.3, 0.4) is 0 Å². The van der Waals surface area contributed by atoms with Crippen LogP contribution in [0.25, 0.3) is 0 Å². The molecule has 0 atom stereocenters. The van der Waals surface area contributed by atoms with Gasteiger partial charge in [-0.3, -0.25) is 19.4 Å². The second kappa shape index (κ2) is 10.9. The lowest BCUT2D eigenvalue weighted by Gasteiger charge is -2.38. The van der Waals surface area contributed by atoms with E-state index in [2.05, 4.69) is 33.3 Å². The number of rotatable bonds is 6. The highest BCUT2D eigenvalue weighted by Gasteiger charge is 2.31. The Hall–Kier alpha value is -3.10. The Kier molecular flexibility index (Phi) is 7.43. The molecule has 0 aromatic heterocycles. The molecular formula is C28H36N4O4. The van der Waals surface area contributed by atoms with Crippen molar-refractivity contribution in [3.05, 3.63) is 53.1 Å². The second-order valence-corrected chi connectivity index (χ2v) is 10.3. The van der Waals surface area contributed by atoms with Crippen LogP contribution in [0, 0.1) is 19.8 Å². The predicted octanol–water partition coefficient (Wildman–Crippen LogP) is 3.03. The standard InChI is InChI=1S/C28H36N4O4/c1-20-13-21(2)15-24(14-20)29-27(33)18-30-7-5-23(6-8-30)28(34)32-11-9-31(10-12-32)17-22-3-4-25-26(16-22)36-19-35-25/h3-4,13-16,23H,5-12,17-19H2,1-2H3,(H,29,33). The molecule has 8 nitrogen and oxygen atoms in total. The van der Waals surface area contributed by atoms with Crippen LogP contribution >= 0.6 is 0 Å². The number of aryl methyl sites for hydroxylation is 2. The van der Waals surface area contributed by atoms with Crippen molar-refractivity contribution < 1.29 is 19.1 Å². The maximum absolute atomic E-state index is 13.2. The van der Waals surface area contributed by atoms with Crippen molar-refractivity contribution in [3.8, 4) is 11.5 Å². The molecule has 192 valence electrons. The van der Waals surface area contributed by atoms with Crippen LogP contribution in [0.1, 0.15) is 29.5 Å². The molecule has 2 saturated heterocycles. The van der Waals surface area contributed by atoms with Gasteiger partial charge in [-0.05, 0) is 80.7 Å². The molecule has 3 heterocycles. The zero-order valence-electron chi connectivity index (χ0n) is 21.3. The Balaban J connectivity index is 1.03. The minimum Gasteiger partial charge on any atom is -0.454 e. The van der Waals surface area contributed by atoms with E-state index in [1.54, 1.807) is 0 Å². The highest BCUT2D eigenvalue weighted by atomic mass is 16.7. The third kappa shape index (κ3) is 5.99. The van der Waals surface area contributed by atoms with Gasteiger partial charge >= 0.3 is 0 Å². The molecule has 0 spiro atoms. The van der Waals surface area contributed by atoms with Crippen LogP contribution < -0.4 is 14.8 Å². The van der Waals surface area contributed by atoms with Gasteiger partial charge in [0, 0.05) is 44.3 Å². The molecule has 0 unspecified atom stereocenters. The number of benzene rings is 2. The van der Waals surface area contributed by atoms with Crippen molar-refractivity contribution in [2.45, 2.75) is 33.2 Å². The van der Waals surface area contributed by atoms with E-state index in [9.17, 15) is 9.59 Å². The zero-order valence-corrected chi connectivity index (χ0v) is 21.3. The number of amides is 2. The predicted molar refractivity (Wildman–Crippen MR) is 138 cm³/mol. The minimum absolute atomic E-state index is 0.00311. The van der Waals surface area contributed by atoms with E-state index in [0.717, 1.165) is 87.0 Å². The highest BCUT2D eigenvalue weighted by molar-refractivity contribution is 5.92. The van der Waals surface area contributed by atoms with Gasteiger partial charge in [0.05, 0.1) is 6.54 Å². The first-order valence-corrected chi connectivity index (χ1v) is 12.9. The smallest absolute Gasteiger partial charge is 0.238 e. The van der Waals surface area contributed by atoms with Crippen molar-refractivity contribution in [1.82, 2.24) is 14.7 Å². The van der Waals surface area contributed by atoms with Gasteiger partial charge < -0.3 is 19.7 Å². The summed E-state index contributed by atoms with van der Waals surface area (Å²) in [6, 6.07) is 12.2. The maximum Gasteiger partial charge on any atom is 0.238 e. The Morgan fingerprint density at radius 1 is 0.861 bits per heavy atom. The number of carbonyl (C=O) groups is 2. The number of carbonyl (C=O) groups excluding carboxylic acids is 2. The number of anilines is 1. The summed E-state index contributed by atoms with van der Waals surface area (Å²) in [6.07, 6.45) is 1.63. The van der Waals surface area contributed by atoms with E-state index < -0.39 is 0 Å². The van der Waals surface area contributed by atoms with Crippen LogP contribution in [-0.4, -0.2) is 79.1 Å². The van der Waals surface area contributed by atoms with Gasteiger partial charge in [-0.2, -0.15) is 0 Å². The summed E-state index contributed by atoms with van der Waals surface area (Å²) in [5.74, 6) is 1.96. The summed E-state index contributed by atoms with van der Waals surface area (Å²) in [4.78, 5) is 32.3. The van der Waals surface area contributed by atoms with Gasteiger partial charge in [0.1, 0.15) is 0 Å². The number of piperazine rings is 1. The Bertz CT molecular complexity index is 1080. The molecule has 2 aromatic rings. The molecular weight excluding hydrogens is 456 g/mol. The number of nitrogens with one attached hydrogen (secondary N) is 1. The van der Waals surface area contributed by atoms with Crippen molar-refractivity contribution in [2.75, 3.05) is 57.9 Å². The van der Waals surface area contributed by atoms with Crippen molar-refractivity contribution in [3.63, 3.8) is 0 Å². The molecule has 0 aliphatic carbocycles. The number of hydrogen-bond donors (Lipinski definition) is 1. The van der Waals surface area contributed by atoms with Gasteiger partial charge in [0.25, 0.3) is 0 Å². The van der Waals surface area contributed by atoms with Crippen molar-refractivity contribution in [2.24, 2.45) is 5.92 Å². The lowest BCUT2D eigenvalue weighted by molar-refractivity contribution is -0.139. The number of nitrogens with zero attached hydrogens (tertiary/aromatic N) is 3. The van der Waals surface area contributed by atoms with Crippen molar-refractivity contribution >= 4 is 17.5 Å². The Morgan fingerprint density at radius 2 is 1.56 bits per heavy atom. The van der Waals surface area contributed by atoms with E-state index in [1.165, 1.54) is 5.56 Å². The number of piperidine rings is 1. The van der Waals surface area contributed by atoms with Crippen LogP contribution in [0.5, 0.6) is 11.5 Å². The molecule has 0 saturated carbocycles. The monoisotopic (exact) mass is 492 g/mol. The summed E-state index contributed by atoms with van der Waals surface area (Å²) >= 11 is 0. The van der Waals surface area contributed by atoms with Crippen LogP contribution in [0.4, 0.5) is 5.69 Å². The average Bonchev–Trinajstić information content (AvgIpc) is 3.32. The van der Waals surface area contributed by atoms with Crippen LogP contribution in [0.15, 0.2) is 36.4 Å². The van der Waals surface area contributed by atoms with Gasteiger partial charge in [-0.1, -0.05) is 12.1 Å². The van der Waals surface area contributed by atoms with Crippen molar-refractivity contribution in [1.29, 1.82) is 0 Å². The number of hydrogen-bond acceptors (Lipinski definition) is 6. The number of ether oxygens (including phenoxy) is 2. The van der Waals surface area contributed by atoms with Gasteiger partial charge in [-0.25, -0.2) is 0 Å². The van der Waals surface area contributed by atoms with Gasteiger partial charge in [0.15, 0.2) is 11.5 Å². The minimum atomic E-state index is 0.00311. The molecule has 3 aliphatic rings. The lowest BCUT2D eigenvalue weighted by Crippen LogP contribution is -2.51. The van der Waals surface area contributed by atoms with Gasteiger partial charge in [0.2, 0.25) is 18.6 Å². The molecule has 2 fully saturated rings. The summed E-state index contributed by atoms with van der Waals surface area (Å²) in [5, 5.41) is 3.02. The van der Waals surface area contributed by atoms with E-state index in [-0.39, 0.29) is 17.7 Å². The third-order valence-corrected chi connectivity index (χ3v) is 7.34. The lowest BCUT2D eigenvalue weighted by atomic mass is 9.95. The topological polar surface area (TPSA) is 74.4 Å². The summed E-state index contributed by atoms with van der Waals surface area (Å²) in [7, 11) is 0. The van der Waals surface area contributed by atoms with E-state index in [4.69, 9.17) is 9.47 Å². The maximum atomic E-state index is 13.2. The van der Waals surface area contributed by atoms with E-state index in [0.29, 0.717) is 13.3 Å². The van der Waals surface area contributed by atoms with Crippen LogP contribution in [-0.2, 0) is 16.1 Å². The summed E-state index contributed by atoms with van der Waals surface area (Å²) in [6.45, 7) is 10.4. The molecule has 8 heteroatoms. The number of likely N-dealkylation sites (tertiary alicyclic amines) is 1. The average molecular weight is 493 g/mol. The molecule has 0 radical (unpaired) electrons. The SMILES string of the molecule is Cc1cc(C)cc(NC(=O)CN2CCC(C(=O)N3CCN(Cc4ccc5c(c4)OCO5)CC3)CC2)c1. The first-order valence-electron chi connectivity index (χ1n) is 12.9. The highest BCUT2D eigenvalue weighted by Crippen LogP contribution is 2.33. The van der Waals surface area contributed by atoms with E-state index >= 15 is 0 Å². The molecule has 5 rings (SSSR count). The van der Waals surface area contributed by atoms with Gasteiger partial charge in [-0.15, -0.1) is 0 Å². The third-order valence-electron chi connectivity index (χ3n) is 7.34. The normalized spacial score (nSPS) is 18.9. The molecule has 0 bridgehead atoms. The Labute approximate surface area is 213 Å². The second-order valence-electron chi connectivity index (χ2n) is 10.3. The fourth-order valence-electron chi connectivity index (χ4n) is 5.47. The largest absolute Gasteiger partial charge is 0.454 e. The fraction of sp³-hybridized carbons (Fsp3) is 0.500. The van der Waals surface area contributed by atoms with E-state index in [1.807, 2.05) is 36.9 Å². The first-order chi connectivity index (χ1) is 17.4. The molecule has 2 amide bonds. The molecule has 3 aliphatic heterocycles. The zero-order chi connectivity index (χ0) is 25.1. The quantitative estimate of drug-likeness (QED) is 0.668. The summed E-state index contributed by atoms with van der Waals surface area (Å²) < 4.78 is 10.9. The summed E-state index contributed by atoms with van der Waals surface area (Å²) in [5.41, 5.74) is 4.32. The molecule has 2 aromatic carbocycles. The molecule has 36 heavy (non-hydrogen) atoms.